The molecule has 0 amide bonds. The van der Waals surface area contributed by atoms with E-state index in [1.807, 2.05) is 84.4 Å². The van der Waals surface area contributed by atoms with E-state index in [-0.39, 0.29) is 0 Å². The molecule has 0 saturated carbocycles. The highest BCUT2D eigenvalue weighted by atomic mass is 16.5. The van der Waals surface area contributed by atoms with Crippen molar-refractivity contribution in [2.45, 2.75) is 0 Å². The minimum Gasteiger partial charge on any atom is -0.457 e. The van der Waals surface area contributed by atoms with Crippen LogP contribution in [0, 0.1) is 0 Å². The topological polar surface area (TPSA) is 35.2 Å². The molecule has 4 heteroatoms. The van der Waals surface area contributed by atoms with E-state index < -0.39 is 0 Å². The highest BCUT2D eigenvalue weighted by Gasteiger charge is 2.18. The summed E-state index contributed by atoms with van der Waals surface area (Å²) in [5.41, 5.74) is 3.89. The molecule has 0 unspecified atom stereocenters. The van der Waals surface area contributed by atoms with Gasteiger partial charge in [-0.2, -0.15) is 4.57 Å². The Kier molecular flexibility index (Phi) is 3.61. The van der Waals surface area contributed by atoms with Gasteiger partial charge < -0.3 is 9.47 Å². The first-order chi connectivity index (χ1) is 13.3. The standard InChI is InChI=1S/C23H17N2O2/c1-25-21-11-5-13-23(25)27-22-12-4-10-20(24-22)16-6-2-8-18(14-16)26-19-9-3-7-17(21)15-19/h2-15H,1H3/q+1. The van der Waals surface area contributed by atoms with Crippen molar-refractivity contribution in [3.63, 3.8) is 0 Å². The maximum absolute atomic E-state index is 6.12. The number of aromatic nitrogens is 2. The van der Waals surface area contributed by atoms with Gasteiger partial charge in [-0.3, -0.25) is 0 Å². The molecule has 0 radical (unpaired) electrons. The van der Waals surface area contributed by atoms with Crippen LogP contribution in [-0.4, -0.2) is 4.98 Å². The van der Waals surface area contributed by atoms with Gasteiger partial charge in [-0.25, -0.2) is 4.98 Å². The number of hydrogen-bond donors (Lipinski definition) is 0. The first-order valence-corrected chi connectivity index (χ1v) is 8.79. The van der Waals surface area contributed by atoms with Crippen LogP contribution in [0.4, 0.5) is 0 Å². The fourth-order valence-corrected chi connectivity index (χ4v) is 3.27. The Hall–Kier alpha value is -3.66. The van der Waals surface area contributed by atoms with Gasteiger partial charge in [0.2, 0.25) is 11.6 Å². The normalized spacial score (nSPS) is 11.7. The highest BCUT2D eigenvalue weighted by molar-refractivity contribution is 5.63. The maximum atomic E-state index is 6.12. The number of nitrogens with zero attached hydrogens (tertiary/aromatic N) is 2. The predicted molar refractivity (Wildman–Crippen MR) is 103 cm³/mol. The largest absolute Gasteiger partial charge is 0.457 e. The Morgan fingerprint density at radius 3 is 2.26 bits per heavy atom. The molecule has 0 saturated heterocycles. The molecule has 0 spiro atoms. The Morgan fingerprint density at radius 1 is 0.704 bits per heavy atom. The van der Waals surface area contributed by atoms with Crippen molar-refractivity contribution in [3.8, 4) is 45.8 Å². The highest BCUT2D eigenvalue weighted by Crippen LogP contribution is 2.31. The van der Waals surface area contributed by atoms with E-state index in [1.165, 1.54) is 0 Å². The number of fused-ring (bicyclic) bond motifs is 10. The van der Waals surface area contributed by atoms with Crippen LogP contribution < -0.4 is 14.0 Å². The fraction of sp³-hybridized carbons (Fsp3) is 0.0435. The lowest BCUT2D eigenvalue weighted by molar-refractivity contribution is -0.665. The average Bonchev–Trinajstić information content (AvgIpc) is 2.70. The van der Waals surface area contributed by atoms with Crippen LogP contribution in [0.2, 0.25) is 0 Å². The van der Waals surface area contributed by atoms with E-state index in [1.54, 1.807) is 0 Å². The van der Waals surface area contributed by atoms with Crippen LogP contribution in [0.5, 0.6) is 23.3 Å². The van der Waals surface area contributed by atoms with Crippen molar-refractivity contribution in [3.05, 3.63) is 84.9 Å². The third kappa shape index (κ3) is 2.91. The smallest absolute Gasteiger partial charge is 0.374 e. The Balaban J connectivity index is 1.76. The summed E-state index contributed by atoms with van der Waals surface area (Å²) in [7, 11) is 1.98. The molecule has 1 aliphatic heterocycles. The van der Waals surface area contributed by atoms with Crippen LogP contribution in [0.15, 0.2) is 84.9 Å². The quantitative estimate of drug-likeness (QED) is 0.362. The summed E-state index contributed by atoms with van der Waals surface area (Å²) < 4.78 is 14.2. The van der Waals surface area contributed by atoms with Gasteiger partial charge >= 0.3 is 5.88 Å². The lowest BCUT2D eigenvalue weighted by atomic mass is 10.1. The molecule has 3 heterocycles. The zero-order chi connectivity index (χ0) is 18.2. The first-order valence-electron chi connectivity index (χ1n) is 8.79. The molecular formula is C23H17N2O2+. The molecule has 1 aliphatic rings. The van der Waals surface area contributed by atoms with Crippen LogP contribution in [0.3, 0.4) is 0 Å². The number of pyridine rings is 2. The van der Waals surface area contributed by atoms with E-state index in [9.17, 15) is 0 Å². The molecule has 8 bridgehead atoms. The molecule has 0 aliphatic carbocycles. The lowest BCUT2D eigenvalue weighted by Gasteiger charge is -2.11. The third-order valence-corrected chi connectivity index (χ3v) is 4.61. The molecule has 5 rings (SSSR count). The van der Waals surface area contributed by atoms with Gasteiger partial charge in [-0.15, -0.1) is 0 Å². The monoisotopic (exact) mass is 353 g/mol. The zero-order valence-electron chi connectivity index (χ0n) is 14.8. The third-order valence-electron chi connectivity index (χ3n) is 4.61. The van der Waals surface area contributed by atoms with Gasteiger partial charge in [-0.1, -0.05) is 24.3 Å². The molecular weight excluding hydrogens is 336 g/mol. The molecule has 0 atom stereocenters. The summed E-state index contributed by atoms with van der Waals surface area (Å²) in [5, 5.41) is 0. The van der Waals surface area contributed by atoms with E-state index >= 15 is 0 Å². The van der Waals surface area contributed by atoms with Crippen molar-refractivity contribution in [2.75, 3.05) is 0 Å². The van der Waals surface area contributed by atoms with Crippen molar-refractivity contribution in [1.29, 1.82) is 0 Å². The van der Waals surface area contributed by atoms with Gasteiger partial charge in [0.25, 0.3) is 0 Å². The number of benzene rings is 2. The molecule has 4 aromatic rings. The second-order valence-corrected chi connectivity index (χ2v) is 6.43. The summed E-state index contributed by atoms with van der Waals surface area (Å²) in [5.74, 6) is 2.83. The van der Waals surface area contributed by atoms with Gasteiger partial charge in [0.05, 0.1) is 11.8 Å². The minimum atomic E-state index is 0.553. The van der Waals surface area contributed by atoms with Crippen molar-refractivity contribution >= 4 is 0 Å². The second kappa shape index (κ2) is 6.25. The number of ether oxygens (including phenoxy) is 2. The van der Waals surface area contributed by atoms with Gasteiger partial charge in [0.15, 0.2) is 0 Å². The molecule has 2 aromatic carbocycles. The van der Waals surface area contributed by atoms with E-state index in [4.69, 9.17) is 9.47 Å². The first kappa shape index (κ1) is 15.6. The summed E-state index contributed by atoms with van der Waals surface area (Å²) >= 11 is 0. The Bertz CT molecular complexity index is 1150. The molecule has 2 aromatic heterocycles. The summed E-state index contributed by atoms with van der Waals surface area (Å²) in [4.78, 5) is 4.67. The van der Waals surface area contributed by atoms with E-state index in [0.29, 0.717) is 11.8 Å². The predicted octanol–water partition coefficient (Wildman–Crippen LogP) is 5.14. The Morgan fingerprint density at radius 2 is 1.41 bits per heavy atom. The number of rotatable bonds is 0. The van der Waals surface area contributed by atoms with Gasteiger partial charge in [0.1, 0.15) is 18.5 Å². The van der Waals surface area contributed by atoms with Gasteiger partial charge in [0, 0.05) is 23.3 Å². The van der Waals surface area contributed by atoms with E-state index in [0.717, 1.165) is 34.0 Å². The van der Waals surface area contributed by atoms with Crippen molar-refractivity contribution < 1.29 is 14.0 Å². The molecule has 4 nitrogen and oxygen atoms in total. The summed E-state index contributed by atoms with van der Waals surface area (Å²) in [6, 6.07) is 27.7. The van der Waals surface area contributed by atoms with Crippen LogP contribution in [0.1, 0.15) is 0 Å². The van der Waals surface area contributed by atoms with Crippen LogP contribution >= 0.6 is 0 Å². The fourth-order valence-electron chi connectivity index (χ4n) is 3.27. The molecule has 0 fully saturated rings. The zero-order valence-corrected chi connectivity index (χ0v) is 14.8. The average molecular weight is 353 g/mol. The Labute approximate surface area is 157 Å². The SMILES string of the molecule is C[n+]1c2cccc1-c1cccc(c1)Oc1cccc(c1)-c1cccc(n1)O2. The van der Waals surface area contributed by atoms with Crippen molar-refractivity contribution in [2.24, 2.45) is 7.05 Å². The number of hydrogen-bond acceptors (Lipinski definition) is 3. The summed E-state index contributed by atoms with van der Waals surface area (Å²) in [6.45, 7) is 0. The summed E-state index contributed by atoms with van der Waals surface area (Å²) in [6.07, 6.45) is 0. The van der Waals surface area contributed by atoms with E-state index in [2.05, 4.69) is 17.1 Å². The molecule has 27 heavy (non-hydrogen) atoms. The van der Waals surface area contributed by atoms with Crippen LogP contribution in [-0.2, 0) is 7.05 Å². The van der Waals surface area contributed by atoms with Crippen molar-refractivity contribution in [1.82, 2.24) is 4.98 Å². The second-order valence-electron chi connectivity index (χ2n) is 6.43. The van der Waals surface area contributed by atoms with Crippen LogP contribution in [0.25, 0.3) is 22.5 Å². The maximum Gasteiger partial charge on any atom is 0.374 e. The minimum absolute atomic E-state index is 0.553. The molecule has 130 valence electrons. The lowest BCUT2D eigenvalue weighted by Crippen LogP contribution is -2.32. The molecule has 0 N–H and O–H groups in total. The van der Waals surface area contributed by atoms with Gasteiger partial charge in [-0.05, 0) is 42.5 Å².